The van der Waals surface area contributed by atoms with E-state index in [1.54, 1.807) is 0 Å². The molecule has 7 heteroatoms. The van der Waals surface area contributed by atoms with Crippen molar-refractivity contribution in [2.75, 3.05) is 6.54 Å². The molecule has 0 atom stereocenters. The Kier molecular flexibility index (Phi) is 5.35. The number of hydrazine groups is 1. The van der Waals surface area contributed by atoms with Gasteiger partial charge in [0.15, 0.2) is 5.11 Å². The van der Waals surface area contributed by atoms with Gasteiger partial charge in [0.1, 0.15) is 0 Å². The Bertz CT molecular complexity index is 433. The zero-order valence-electron chi connectivity index (χ0n) is 9.62. The number of thiocarbonyl (C=S) groups is 1. The highest BCUT2D eigenvalue weighted by atomic mass is 79.9. The van der Waals surface area contributed by atoms with E-state index in [9.17, 15) is 4.79 Å². The monoisotopic (exact) mass is 335 g/mol. The van der Waals surface area contributed by atoms with Crippen molar-refractivity contribution in [2.24, 2.45) is 5.73 Å². The van der Waals surface area contributed by atoms with Gasteiger partial charge < -0.3 is 5.73 Å². The number of nitrogens with zero attached hydrogens (tertiary/aromatic N) is 1. The van der Waals surface area contributed by atoms with E-state index in [-0.39, 0.29) is 11.0 Å². The SMILES string of the molecule is CCc1sc(C(=O)NN(CC)C(N)=S)cc1Br. The Labute approximate surface area is 118 Å². The van der Waals surface area contributed by atoms with Gasteiger partial charge in [-0.05, 0) is 47.6 Å². The van der Waals surface area contributed by atoms with Crippen molar-refractivity contribution in [1.29, 1.82) is 0 Å². The second kappa shape index (κ2) is 6.32. The van der Waals surface area contributed by atoms with Crippen molar-refractivity contribution in [2.45, 2.75) is 20.3 Å². The van der Waals surface area contributed by atoms with Crippen molar-refractivity contribution in [3.63, 3.8) is 0 Å². The van der Waals surface area contributed by atoms with Gasteiger partial charge in [-0.3, -0.25) is 15.2 Å². The van der Waals surface area contributed by atoms with Crippen LogP contribution >= 0.6 is 39.5 Å². The average molecular weight is 336 g/mol. The Balaban J connectivity index is 2.78. The van der Waals surface area contributed by atoms with E-state index in [1.807, 2.05) is 19.9 Å². The Morgan fingerprint density at radius 3 is 2.71 bits per heavy atom. The average Bonchev–Trinajstić information content (AvgIpc) is 2.66. The number of aryl methyl sites for hydroxylation is 1. The second-order valence-corrected chi connectivity index (χ2v) is 5.67. The molecule has 0 saturated heterocycles. The fraction of sp³-hybridized carbons (Fsp3) is 0.400. The molecule has 17 heavy (non-hydrogen) atoms. The molecule has 1 amide bonds. The van der Waals surface area contributed by atoms with Gasteiger partial charge in [0.05, 0.1) is 4.88 Å². The fourth-order valence-electron chi connectivity index (χ4n) is 1.23. The van der Waals surface area contributed by atoms with Crippen LogP contribution in [0.25, 0.3) is 0 Å². The van der Waals surface area contributed by atoms with Gasteiger partial charge in [-0.2, -0.15) is 0 Å². The predicted octanol–water partition coefficient (Wildman–Crippen LogP) is 2.28. The van der Waals surface area contributed by atoms with Crippen LogP contribution in [0.5, 0.6) is 0 Å². The molecule has 0 aliphatic rings. The number of thiophene rings is 1. The summed E-state index contributed by atoms with van der Waals surface area (Å²) < 4.78 is 0.966. The summed E-state index contributed by atoms with van der Waals surface area (Å²) in [5.74, 6) is -0.190. The summed E-state index contributed by atoms with van der Waals surface area (Å²) in [7, 11) is 0. The van der Waals surface area contributed by atoms with Crippen molar-refractivity contribution in [1.82, 2.24) is 10.4 Å². The molecule has 1 aromatic heterocycles. The Hall–Kier alpha value is -0.660. The quantitative estimate of drug-likeness (QED) is 0.657. The summed E-state index contributed by atoms with van der Waals surface area (Å²) in [6, 6.07) is 1.81. The van der Waals surface area contributed by atoms with Crippen LogP contribution < -0.4 is 11.2 Å². The molecule has 0 unspecified atom stereocenters. The maximum absolute atomic E-state index is 11.9. The summed E-state index contributed by atoms with van der Waals surface area (Å²) in [5, 5.41) is 1.60. The van der Waals surface area contributed by atoms with Gasteiger partial charge in [-0.15, -0.1) is 11.3 Å². The van der Waals surface area contributed by atoms with Crippen molar-refractivity contribution in [3.05, 3.63) is 20.3 Å². The predicted molar refractivity (Wildman–Crippen MR) is 78.0 cm³/mol. The van der Waals surface area contributed by atoms with Crippen molar-refractivity contribution in [3.8, 4) is 0 Å². The molecular weight excluding hydrogens is 322 g/mol. The Morgan fingerprint density at radius 1 is 1.65 bits per heavy atom. The maximum Gasteiger partial charge on any atom is 0.279 e. The molecule has 0 aliphatic heterocycles. The van der Waals surface area contributed by atoms with Crippen LogP contribution in [0.3, 0.4) is 0 Å². The Morgan fingerprint density at radius 2 is 2.29 bits per heavy atom. The summed E-state index contributed by atoms with van der Waals surface area (Å²) in [6.45, 7) is 4.45. The lowest BCUT2D eigenvalue weighted by molar-refractivity contribution is 0.0879. The summed E-state index contributed by atoms with van der Waals surface area (Å²) in [4.78, 5) is 13.7. The van der Waals surface area contributed by atoms with E-state index in [2.05, 4.69) is 21.4 Å². The molecule has 1 heterocycles. The number of carbonyl (C=O) groups is 1. The molecule has 0 bridgehead atoms. The van der Waals surface area contributed by atoms with E-state index in [1.165, 1.54) is 16.3 Å². The summed E-state index contributed by atoms with van der Waals surface area (Å²) in [5.41, 5.74) is 8.14. The second-order valence-electron chi connectivity index (χ2n) is 3.26. The molecular formula is C10H14BrN3OS2. The smallest absolute Gasteiger partial charge is 0.279 e. The third kappa shape index (κ3) is 3.65. The zero-order chi connectivity index (χ0) is 13.0. The van der Waals surface area contributed by atoms with E-state index >= 15 is 0 Å². The van der Waals surface area contributed by atoms with Gasteiger partial charge in [0.25, 0.3) is 5.91 Å². The number of halogens is 1. The molecule has 0 fully saturated rings. The molecule has 0 spiro atoms. The topological polar surface area (TPSA) is 58.4 Å². The third-order valence-corrected chi connectivity index (χ3v) is 4.59. The molecule has 0 radical (unpaired) electrons. The van der Waals surface area contributed by atoms with Gasteiger partial charge in [-0.25, -0.2) is 0 Å². The van der Waals surface area contributed by atoms with Crippen LogP contribution in [-0.4, -0.2) is 22.6 Å². The largest absolute Gasteiger partial charge is 0.375 e. The van der Waals surface area contributed by atoms with Crippen LogP contribution in [0.4, 0.5) is 0 Å². The van der Waals surface area contributed by atoms with Crippen molar-refractivity contribution < 1.29 is 4.79 Å². The minimum absolute atomic E-state index is 0.159. The summed E-state index contributed by atoms with van der Waals surface area (Å²) >= 11 is 9.71. The summed E-state index contributed by atoms with van der Waals surface area (Å²) in [6.07, 6.45) is 0.894. The number of amides is 1. The molecule has 1 rings (SSSR count). The molecule has 4 nitrogen and oxygen atoms in total. The first-order valence-electron chi connectivity index (χ1n) is 5.15. The number of nitrogens with two attached hydrogens (primary N) is 1. The number of hydrogen-bond donors (Lipinski definition) is 2. The van der Waals surface area contributed by atoms with E-state index in [0.717, 1.165) is 15.8 Å². The van der Waals surface area contributed by atoms with Crippen molar-refractivity contribution >= 4 is 50.5 Å². The van der Waals surface area contributed by atoms with Crippen LogP contribution in [-0.2, 0) is 6.42 Å². The lowest BCUT2D eigenvalue weighted by atomic mass is 10.3. The molecule has 3 N–H and O–H groups in total. The fourth-order valence-corrected chi connectivity index (χ4v) is 3.19. The third-order valence-electron chi connectivity index (χ3n) is 2.12. The highest BCUT2D eigenvalue weighted by Gasteiger charge is 2.15. The number of carbonyl (C=O) groups excluding carboxylic acids is 1. The maximum atomic E-state index is 11.9. The standard InChI is InChI=1S/C10H14BrN3OS2/c1-3-7-6(11)5-8(17-7)9(15)13-14(4-2)10(12)16/h5H,3-4H2,1-2H3,(H2,12,16)(H,13,15). The van der Waals surface area contributed by atoms with Crippen LogP contribution in [0.15, 0.2) is 10.5 Å². The number of rotatable bonds is 3. The van der Waals surface area contributed by atoms with Gasteiger partial charge in [0, 0.05) is 15.9 Å². The lowest BCUT2D eigenvalue weighted by Crippen LogP contribution is -2.48. The van der Waals surface area contributed by atoms with E-state index in [4.69, 9.17) is 18.0 Å². The number of nitrogens with one attached hydrogen (secondary N) is 1. The van der Waals surface area contributed by atoms with Crippen LogP contribution in [0.2, 0.25) is 0 Å². The highest BCUT2D eigenvalue weighted by Crippen LogP contribution is 2.27. The first-order chi connectivity index (χ1) is 7.99. The molecule has 0 aromatic carbocycles. The number of hydrogen-bond acceptors (Lipinski definition) is 3. The minimum atomic E-state index is -0.190. The lowest BCUT2D eigenvalue weighted by Gasteiger charge is -2.20. The molecule has 1 aromatic rings. The highest BCUT2D eigenvalue weighted by molar-refractivity contribution is 9.10. The molecule has 0 aliphatic carbocycles. The van der Waals surface area contributed by atoms with Crippen LogP contribution in [0, 0.1) is 0 Å². The zero-order valence-corrected chi connectivity index (χ0v) is 12.8. The van der Waals surface area contributed by atoms with Gasteiger partial charge in [-0.1, -0.05) is 6.92 Å². The van der Waals surface area contributed by atoms with Crippen LogP contribution in [0.1, 0.15) is 28.4 Å². The molecule has 0 saturated carbocycles. The van der Waals surface area contributed by atoms with E-state index < -0.39 is 0 Å². The first kappa shape index (κ1) is 14.4. The normalized spacial score (nSPS) is 10.1. The minimum Gasteiger partial charge on any atom is -0.375 e. The van der Waals surface area contributed by atoms with Gasteiger partial charge in [0.2, 0.25) is 0 Å². The van der Waals surface area contributed by atoms with E-state index in [0.29, 0.717) is 11.4 Å². The molecule has 94 valence electrons. The van der Waals surface area contributed by atoms with Gasteiger partial charge >= 0.3 is 0 Å². The first-order valence-corrected chi connectivity index (χ1v) is 7.17.